The Morgan fingerprint density at radius 2 is 1.82 bits per heavy atom. The number of hydrogen-bond acceptors (Lipinski definition) is 4. The standard InChI is InChI=1S/C32H47N3O3/c1-23-28(30(36)33-12-13-34-14-16-38-17-15-34)21-29(35(23)22-24-8-6-5-7-9-24)25-18-26(31(2,3)37)20-27(19-25)32(4)10-11-32/h18-21,24,37H,5-17,22H2,1-4H3,(H,33,36). The minimum Gasteiger partial charge on any atom is -0.386 e. The van der Waals surface area contributed by atoms with Crippen LogP contribution in [0.1, 0.15) is 92.9 Å². The third-order valence-corrected chi connectivity index (χ3v) is 9.23. The van der Waals surface area contributed by atoms with E-state index >= 15 is 0 Å². The molecule has 1 aliphatic heterocycles. The maximum atomic E-state index is 13.5. The smallest absolute Gasteiger partial charge is 0.253 e. The van der Waals surface area contributed by atoms with Gasteiger partial charge in [-0.3, -0.25) is 9.69 Å². The molecule has 3 fully saturated rings. The summed E-state index contributed by atoms with van der Waals surface area (Å²) in [5.41, 5.74) is 5.52. The van der Waals surface area contributed by atoms with Gasteiger partial charge in [-0.1, -0.05) is 32.3 Å². The molecular weight excluding hydrogens is 474 g/mol. The molecule has 6 heteroatoms. The van der Waals surface area contributed by atoms with Gasteiger partial charge in [0.25, 0.3) is 5.91 Å². The van der Waals surface area contributed by atoms with Crippen LogP contribution in [0.15, 0.2) is 24.3 Å². The zero-order valence-corrected chi connectivity index (χ0v) is 23.9. The lowest BCUT2D eigenvalue weighted by Gasteiger charge is -2.26. The van der Waals surface area contributed by atoms with E-state index in [1.54, 1.807) is 0 Å². The van der Waals surface area contributed by atoms with Gasteiger partial charge in [0.1, 0.15) is 0 Å². The molecule has 2 aliphatic carbocycles. The second kappa shape index (κ2) is 11.1. The van der Waals surface area contributed by atoms with E-state index in [1.807, 2.05) is 13.8 Å². The summed E-state index contributed by atoms with van der Waals surface area (Å²) in [6.45, 7) is 14.0. The van der Waals surface area contributed by atoms with Gasteiger partial charge in [0.2, 0.25) is 0 Å². The van der Waals surface area contributed by atoms with Crippen molar-refractivity contribution in [3.05, 3.63) is 46.6 Å². The highest BCUT2D eigenvalue weighted by Gasteiger charge is 2.40. The molecule has 6 nitrogen and oxygen atoms in total. The van der Waals surface area contributed by atoms with Crippen molar-refractivity contribution in [2.45, 2.75) is 90.2 Å². The van der Waals surface area contributed by atoms with Gasteiger partial charge in [-0.2, -0.15) is 0 Å². The number of carbonyl (C=O) groups is 1. The van der Waals surface area contributed by atoms with Crippen molar-refractivity contribution in [2.75, 3.05) is 39.4 Å². The van der Waals surface area contributed by atoms with Crippen molar-refractivity contribution in [3.8, 4) is 11.3 Å². The molecule has 1 aromatic carbocycles. The molecule has 0 spiro atoms. The number of morpholine rings is 1. The van der Waals surface area contributed by atoms with E-state index < -0.39 is 5.60 Å². The second-order valence-electron chi connectivity index (χ2n) is 12.8. The molecule has 1 amide bonds. The van der Waals surface area contributed by atoms with Crippen LogP contribution < -0.4 is 5.32 Å². The molecule has 2 N–H and O–H groups in total. The molecule has 0 unspecified atom stereocenters. The number of hydrogen-bond donors (Lipinski definition) is 2. The predicted octanol–water partition coefficient (Wildman–Crippen LogP) is 5.38. The van der Waals surface area contributed by atoms with Crippen LogP contribution >= 0.6 is 0 Å². The van der Waals surface area contributed by atoms with Crippen molar-refractivity contribution >= 4 is 5.91 Å². The number of rotatable bonds is 9. The number of benzene rings is 1. The summed E-state index contributed by atoms with van der Waals surface area (Å²) in [5.74, 6) is 0.649. The number of aromatic nitrogens is 1. The second-order valence-corrected chi connectivity index (χ2v) is 12.8. The van der Waals surface area contributed by atoms with Gasteiger partial charge in [0, 0.05) is 44.1 Å². The van der Waals surface area contributed by atoms with E-state index in [2.05, 4.69) is 52.9 Å². The first-order valence-electron chi connectivity index (χ1n) is 14.8. The van der Waals surface area contributed by atoms with E-state index in [1.165, 1.54) is 50.5 Å². The minimum atomic E-state index is -0.925. The third-order valence-electron chi connectivity index (χ3n) is 9.23. The molecule has 2 saturated carbocycles. The highest BCUT2D eigenvalue weighted by molar-refractivity contribution is 5.97. The number of aliphatic hydroxyl groups is 1. The van der Waals surface area contributed by atoms with Gasteiger partial charge in [0.05, 0.1) is 24.4 Å². The largest absolute Gasteiger partial charge is 0.386 e. The molecule has 208 valence electrons. The van der Waals surface area contributed by atoms with Gasteiger partial charge < -0.3 is 19.7 Å². The summed E-state index contributed by atoms with van der Waals surface area (Å²) >= 11 is 0. The van der Waals surface area contributed by atoms with Gasteiger partial charge in [-0.25, -0.2) is 0 Å². The van der Waals surface area contributed by atoms with Gasteiger partial charge >= 0.3 is 0 Å². The van der Waals surface area contributed by atoms with Crippen molar-refractivity contribution in [1.29, 1.82) is 0 Å². The first-order chi connectivity index (χ1) is 18.1. The van der Waals surface area contributed by atoms with Crippen LogP contribution in [0.5, 0.6) is 0 Å². The fraction of sp³-hybridized carbons (Fsp3) is 0.656. The maximum Gasteiger partial charge on any atom is 0.253 e. The molecule has 2 aromatic rings. The minimum absolute atomic E-state index is 0.00687. The van der Waals surface area contributed by atoms with E-state index in [0.29, 0.717) is 12.5 Å². The average molecular weight is 522 g/mol. The number of ether oxygens (including phenoxy) is 1. The fourth-order valence-corrected chi connectivity index (χ4v) is 6.18. The van der Waals surface area contributed by atoms with Crippen molar-refractivity contribution in [1.82, 2.24) is 14.8 Å². The number of nitrogens with one attached hydrogen (secondary N) is 1. The molecule has 38 heavy (non-hydrogen) atoms. The van der Waals surface area contributed by atoms with Crippen molar-refractivity contribution in [3.63, 3.8) is 0 Å². The monoisotopic (exact) mass is 521 g/mol. The molecule has 0 radical (unpaired) electrons. The summed E-state index contributed by atoms with van der Waals surface area (Å²) in [6, 6.07) is 8.75. The Bertz CT molecular complexity index is 1110. The van der Waals surface area contributed by atoms with Crippen LogP contribution in [0, 0.1) is 12.8 Å². The number of nitrogens with zero attached hydrogens (tertiary/aromatic N) is 2. The average Bonchev–Trinajstić information content (AvgIpc) is 3.58. The highest BCUT2D eigenvalue weighted by atomic mass is 16.5. The van der Waals surface area contributed by atoms with Gasteiger partial charge in [0.15, 0.2) is 0 Å². The molecule has 1 saturated heterocycles. The van der Waals surface area contributed by atoms with E-state index in [9.17, 15) is 9.90 Å². The first-order valence-corrected chi connectivity index (χ1v) is 14.8. The van der Waals surface area contributed by atoms with Crippen molar-refractivity contribution in [2.24, 2.45) is 5.92 Å². The van der Waals surface area contributed by atoms with Crippen LogP contribution in [-0.4, -0.2) is 59.9 Å². The Hall–Kier alpha value is -2.15. The van der Waals surface area contributed by atoms with E-state index in [-0.39, 0.29) is 11.3 Å². The van der Waals surface area contributed by atoms with Crippen LogP contribution in [0.2, 0.25) is 0 Å². The summed E-state index contributed by atoms with van der Waals surface area (Å²) in [7, 11) is 0. The van der Waals surface area contributed by atoms with E-state index in [4.69, 9.17) is 4.74 Å². The lowest BCUT2D eigenvalue weighted by atomic mass is 9.87. The topological polar surface area (TPSA) is 66.7 Å². The van der Waals surface area contributed by atoms with Crippen LogP contribution in [0.4, 0.5) is 0 Å². The lowest BCUT2D eigenvalue weighted by molar-refractivity contribution is 0.0383. The molecule has 5 rings (SSSR count). The Labute approximate surface area is 228 Å². The molecule has 0 bridgehead atoms. The maximum absolute atomic E-state index is 13.5. The number of carbonyl (C=O) groups excluding carboxylic acids is 1. The summed E-state index contributed by atoms with van der Waals surface area (Å²) in [5, 5.41) is 14.2. The van der Waals surface area contributed by atoms with Gasteiger partial charge in [-0.05, 0) is 92.7 Å². The molecule has 3 aliphatic rings. The summed E-state index contributed by atoms with van der Waals surface area (Å²) in [6.07, 6.45) is 8.80. The van der Waals surface area contributed by atoms with Gasteiger partial charge in [-0.15, -0.1) is 0 Å². The summed E-state index contributed by atoms with van der Waals surface area (Å²) < 4.78 is 7.85. The van der Waals surface area contributed by atoms with Crippen LogP contribution in [0.25, 0.3) is 11.3 Å². The quantitative estimate of drug-likeness (QED) is 0.465. The van der Waals surface area contributed by atoms with Crippen LogP contribution in [-0.2, 0) is 22.3 Å². The highest BCUT2D eigenvalue weighted by Crippen LogP contribution is 2.49. The zero-order valence-electron chi connectivity index (χ0n) is 23.9. The lowest BCUT2D eigenvalue weighted by Crippen LogP contribution is -2.41. The van der Waals surface area contributed by atoms with E-state index in [0.717, 1.165) is 67.5 Å². The summed E-state index contributed by atoms with van der Waals surface area (Å²) in [4.78, 5) is 15.8. The number of amides is 1. The SMILES string of the molecule is Cc1c(C(=O)NCCN2CCOCC2)cc(-c2cc(C(C)(C)O)cc(C3(C)CC3)c2)n1CC1CCCCC1. The predicted molar refractivity (Wildman–Crippen MR) is 153 cm³/mol. The fourth-order valence-electron chi connectivity index (χ4n) is 6.18. The Kier molecular flexibility index (Phi) is 8.04. The molecular formula is C32H47N3O3. The zero-order chi connectivity index (χ0) is 26.9. The molecule has 0 atom stereocenters. The Morgan fingerprint density at radius 1 is 1.11 bits per heavy atom. The Morgan fingerprint density at radius 3 is 2.47 bits per heavy atom. The third kappa shape index (κ3) is 6.19. The first kappa shape index (κ1) is 27.4. The molecule has 2 heterocycles. The van der Waals surface area contributed by atoms with Crippen LogP contribution in [0.3, 0.4) is 0 Å². The van der Waals surface area contributed by atoms with Crippen molar-refractivity contribution < 1.29 is 14.6 Å². The Balaban J connectivity index is 1.47. The normalized spacial score (nSPS) is 20.4. The molecule has 1 aromatic heterocycles.